The van der Waals surface area contributed by atoms with Gasteiger partial charge in [0, 0.05) is 19.3 Å². The summed E-state index contributed by atoms with van der Waals surface area (Å²) in [5.74, 6) is -1.78. The zero-order valence-corrected chi connectivity index (χ0v) is 25.4. The first-order chi connectivity index (χ1) is 21.8. The number of amides is 4. The fourth-order valence-electron chi connectivity index (χ4n) is 5.42. The molecule has 1 aliphatic heterocycles. The van der Waals surface area contributed by atoms with E-state index in [-0.39, 0.29) is 25.9 Å². The molecular weight excluding hydrogens is 592 g/mol. The van der Waals surface area contributed by atoms with Crippen molar-refractivity contribution in [3.8, 4) is 6.07 Å². The number of nitriles is 1. The minimum atomic E-state index is -1.16. The Kier molecular flexibility index (Phi) is 9.79. The fourth-order valence-corrected chi connectivity index (χ4v) is 5.89. The number of urea groups is 1. The molecule has 4 aromatic rings. The fraction of sp³-hybridized carbons (Fsp3) is 0.273. The minimum absolute atomic E-state index is 0.0659. The van der Waals surface area contributed by atoms with Crippen LogP contribution in [0, 0.1) is 11.3 Å². The summed E-state index contributed by atoms with van der Waals surface area (Å²) in [4.78, 5) is 59.5. The normalized spacial score (nSPS) is 15.3. The number of nitrogens with zero attached hydrogens (tertiary/aromatic N) is 5. The van der Waals surface area contributed by atoms with Crippen molar-refractivity contribution < 1.29 is 24.3 Å². The number of hydrogen-bond donors (Lipinski definition) is 2. The predicted octanol–water partition coefficient (Wildman–Crippen LogP) is 4.00. The number of nitrogens with one attached hydrogen (secondary N) is 1. The molecule has 0 spiro atoms. The number of carbonyl (C=O) groups excluding carboxylic acids is 3. The number of aliphatic carboxylic acids is 1. The zero-order valence-electron chi connectivity index (χ0n) is 24.6. The Morgan fingerprint density at radius 3 is 2.53 bits per heavy atom. The highest BCUT2D eigenvalue weighted by Crippen LogP contribution is 2.28. The van der Waals surface area contributed by atoms with Crippen LogP contribution in [0.4, 0.5) is 4.79 Å². The van der Waals surface area contributed by atoms with Gasteiger partial charge < -0.3 is 19.9 Å². The van der Waals surface area contributed by atoms with Crippen LogP contribution < -0.4 is 5.32 Å². The third kappa shape index (κ3) is 7.16. The Hall–Kier alpha value is -5.15. The Bertz CT molecular complexity index is 1760. The van der Waals surface area contributed by atoms with Gasteiger partial charge in [0.2, 0.25) is 5.91 Å². The molecule has 2 heterocycles. The summed E-state index contributed by atoms with van der Waals surface area (Å²) in [6, 6.07) is 19.9. The molecule has 45 heavy (non-hydrogen) atoms. The van der Waals surface area contributed by atoms with Crippen molar-refractivity contribution in [3.05, 3.63) is 102 Å². The minimum Gasteiger partial charge on any atom is -0.480 e. The topological polar surface area (TPSA) is 149 Å². The molecule has 1 aliphatic rings. The summed E-state index contributed by atoms with van der Waals surface area (Å²) < 4.78 is 1.82. The second-order valence-corrected chi connectivity index (χ2v) is 11.7. The highest BCUT2D eigenvalue weighted by atomic mass is 32.2. The SMILES string of the molecule is CSCCC(NC(=O)CC1C(=O)N(Cc2cncn2Cc2ccc(C#N)cc2)C(=O)N1Cc1cccc2ccccc12)C(=O)O. The van der Waals surface area contributed by atoms with E-state index in [9.17, 15) is 24.3 Å². The van der Waals surface area contributed by atoms with Crippen molar-refractivity contribution in [3.63, 3.8) is 0 Å². The van der Waals surface area contributed by atoms with Crippen LogP contribution in [-0.2, 0) is 34.0 Å². The van der Waals surface area contributed by atoms with Crippen LogP contribution in [-0.4, -0.2) is 72.4 Å². The lowest BCUT2D eigenvalue weighted by atomic mass is 10.0. The highest BCUT2D eigenvalue weighted by Gasteiger charge is 2.46. The molecule has 1 saturated heterocycles. The second-order valence-electron chi connectivity index (χ2n) is 10.8. The first-order valence-corrected chi connectivity index (χ1v) is 15.8. The van der Waals surface area contributed by atoms with Crippen LogP contribution >= 0.6 is 11.8 Å². The van der Waals surface area contributed by atoms with Crippen molar-refractivity contribution in [2.24, 2.45) is 0 Å². The number of fused-ring (bicyclic) bond motifs is 1. The van der Waals surface area contributed by atoms with Gasteiger partial charge in [0.15, 0.2) is 0 Å². The monoisotopic (exact) mass is 624 g/mol. The lowest BCUT2D eigenvalue weighted by Gasteiger charge is -2.23. The molecule has 0 saturated carbocycles. The van der Waals surface area contributed by atoms with E-state index in [2.05, 4.69) is 16.4 Å². The number of carboxylic acid groups (broad SMARTS) is 1. The molecular formula is C33H32N6O5S. The summed E-state index contributed by atoms with van der Waals surface area (Å²) in [5.41, 5.74) is 2.88. The molecule has 12 heteroatoms. The number of benzene rings is 3. The number of carbonyl (C=O) groups is 4. The van der Waals surface area contributed by atoms with E-state index in [0.29, 0.717) is 23.6 Å². The molecule has 3 aromatic carbocycles. The Labute approximate surface area is 264 Å². The molecule has 11 nitrogen and oxygen atoms in total. The molecule has 5 rings (SSSR count). The largest absolute Gasteiger partial charge is 0.480 e. The Morgan fingerprint density at radius 1 is 1.04 bits per heavy atom. The van der Waals surface area contributed by atoms with E-state index in [1.54, 1.807) is 24.7 Å². The van der Waals surface area contributed by atoms with Gasteiger partial charge in [-0.1, -0.05) is 54.6 Å². The third-order valence-electron chi connectivity index (χ3n) is 7.80. The van der Waals surface area contributed by atoms with Crippen molar-refractivity contribution in [2.45, 2.75) is 44.6 Å². The maximum atomic E-state index is 13.9. The van der Waals surface area contributed by atoms with Crippen LogP contribution in [0.3, 0.4) is 0 Å². The van der Waals surface area contributed by atoms with E-state index in [1.807, 2.05) is 65.4 Å². The summed E-state index contributed by atoms with van der Waals surface area (Å²) in [6.45, 7) is 0.429. The number of carboxylic acids is 1. The van der Waals surface area contributed by atoms with Gasteiger partial charge in [-0.05, 0) is 52.5 Å². The molecule has 0 bridgehead atoms. The van der Waals surface area contributed by atoms with E-state index >= 15 is 0 Å². The molecule has 4 amide bonds. The molecule has 230 valence electrons. The van der Waals surface area contributed by atoms with E-state index in [0.717, 1.165) is 26.8 Å². The van der Waals surface area contributed by atoms with Crippen molar-refractivity contribution >= 4 is 46.3 Å². The van der Waals surface area contributed by atoms with Crippen LogP contribution in [0.1, 0.15) is 35.2 Å². The second kappa shape index (κ2) is 14.1. The summed E-state index contributed by atoms with van der Waals surface area (Å²) in [6.07, 6.45) is 4.90. The molecule has 0 aliphatic carbocycles. The molecule has 0 radical (unpaired) electrons. The predicted molar refractivity (Wildman–Crippen MR) is 169 cm³/mol. The maximum absolute atomic E-state index is 13.9. The number of imidazole rings is 1. The lowest BCUT2D eigenvalue weighted by Crippen LogP contribution is -2.45. The average Bonchev–Trinajstić information content (AvgIpc) is 3.57. The van der Waals surface area contributed by atoms with Crippen LogP contribution in [0.25, 0.3) is 10.8 Å². The number of aromatic nitrogens is 2. The quantitative estimate of drug-likeness (QED) is 0.212. The third-order valence-corrected chi connectivity index (χ3v) is 8.45. The van der Waals surface area contributed by atoms with Crippen molar-refractivity contribution in [2.75, 3.05) is 12.0 Å². The van der Waals surface area contributed by atoms with Gasteiger partial charge in [-0.15, -0.1) is 0 Å². The first kappa shape index (κ1) is 31.3. The van der Waals surface area contributed by atoms with E-state index in [4.69, 9.17) is 5.26 Å². The van der Waals surface area contributed by atoms with E-state index < -0.39 is 35.9 Å². The van der Waals surface area contributed by atoms with Gasteiger partial charge in [-0.25, -0.2) is 14.6 Å². The van der Waals surface area contributed by atoms with Gasteiger partial charge in [-0.3, -0.25) is 14.5 Å². The van der Waals surface area contributed by atoms with Crippen molar-refractivity contribution in [1.82, 2.24) is 24.7 Å². The standard InChI is InChI=1S/C33H32N6O5S/c1-45-14-13-28(32(42)43)36-30(40)15-29-31(41)39(20-26-17-35-21-37(26)18-23-11-9-22(16-34)10-12-23)33(44)38(29)19-25-7-4-6-24-5-2-3-8-27(24)25/h2-12,17,21,28-29H,13-15,18-20H2,1H3,(H,36,40)(H,42,43). The number of hydrogen-bond acceptors (Lipinski definition) is 7. The summed E-state index contributed by atoms with van der Waals surface area (Å²) in [7, 11) is 0. The average molecular weight is 625 g/mol. The maximum Gasteiger partial charge on any atom is 0.328 e. The van der Waals surface area contributed by atoms with Crippen LogP contribution in [0.5, 0.6) is 0 Å². The molecule has 1 aromatic heterocycles. The van der Waals surface area contributed by atoms with Gasteiger partial charge in [0.25, 0.3) is 5.91 Å². The smallest absolute Gasteiger partial charge is 0.328 e. The molecule has 2 atom stereocenters. The van der Waals surface area contributed by atoms with Crippen LogP contribution in [0.2, 0.25) is 0 Å². The highest BCUT2D eigenvalue weighted by molar-refractivity contribution is 7.98. The number of thioether (sulfide) groups is 1. The van der Waals surface area contributed by atoms with Gasteiger partial charge in [0.1, 0.15) is 12.1 Å². The molecule has 2 N–H and O–H groups in total. The lowest BCUT2D eigenvalue weighted by molar-refractivity contribution is -0.142. The van der Waals surface area contributed by atoms with Gasteiger partial charge in [0.05, 0.1) is 36.6 Å². The zero-order chi connectivity index (χ0) is 31.9. The van der Waals surface area contributed by atoms with Crippen LogP contribution in [0.15, 0.2) is 79.3 Å². The molecule has 1 fully saturated rings. The van der Waals surface area contributed by atoms with E-state index in [1.165, 1.54) is 16.7 Å². The summed E-state index contributed by atoms with van der Waals surface area (Å²) >= 11 is 1.47. The van der Waals surface area contributed by atoms with Gasteiger partial charge in [-0.2, -0.15) is 17.0 Å². The van der Waals surface area contributed by atoms with Crippen molar-refractivity contribution in [1.29, 1.82) is 5.26 Å². The van der Waals surface area contributed by atoms with Gasteiger partial charge >= 0.3 is 12.0 Å². The Morgan fingerprint density at radius 2 is 1.80 bits per heavy atom. The Balaban J connectivity index is 1.40. The first-order valence-electron chi connectivity index (χ1n) is 14.4. The summed E-state index contributed by atoms with van der Waals surface area (Å²) in [5, 5.41) is 23.1. The number of rotatable bonds is 13. The molecule has 2 unspecified atom stereocenters. The number of imide groups is 1.